The Labute approximate surface area is 194 Å². The Morgan fingerprint density at radius 1 is 1.00 bits per heavy atom. The summed E-state index contributed by atoms with van der Waals surface area (Å²) in [5.41, 5.74) is 5.02. The average molecular weight is 442 g/mol. The van der Waals surface area contributed by atoms with Crippen LogP contribution >= 0.6 is 0 Å². The molecule has 0 atom stereocenters. The van der Waals surface area contributed by atoms with Crippen LogP contribution in [0, 0.1) is 0 Å². The third-order valence-corrected chi connectivity index (χ3v) is 6.61. The molecule has 2 aromatic carbocycles. The molecule has 1 fully saturated rings. The number of unbranched alkanes of at least 4 members (excludes halogenated alkanes) is 1. The largest absolute Gasteiger partial charge is 0.354 e. The monoisotopic (exact) mass is 441 g/mol. The van der Waals surface area contributed by atoms with Crippen LogP contribution < -0.4 is 11.0 Å². The van der Waals surface area contributed by atoms with E-state index in [4.69, 9.17) is 4.98 Å². The van der Waals surface area contributed by atoms with E-state index in [9.17, 15) is 4.79 Å². The standard InChI is InChI=1S/C27H31N5O/c1-2-3-17-28-26-29-18-24-25(30-26)31(27(33)32(24)23-11-7-8-12-23)19-20-13-15-22(16-14-20)21-9-5-4-6-10-21/h4-6,9-10,13-16,18,23H,2-3,7-8,11-12,17,19H2,1H3,(H,28,29,30). The zero-order valence-corrected chi connectivity index (χ0v) is 19.2. The Kier molecular flexibility index (Phi) is 6.24. The van der Waals surface area contributed by atoms with Crippen molar-refractivity contribution >= 4 is 17.1 Å². The van der Waals surface area contributed by atoms with Gasteiger partial charge in [0, 0.05) is 12.6 Å². The van der Waals surface area contributed by atoms with Gasteiger partial charge >= 0.3 is 5.69 Å². The molecule has 5 rings (SSSR count). The molecule has 0 unspecified atom stereocenters. The number of nitrogens with one attached hydrogen (secondary N) is 1. The van der Waals surface area contributed by atoms with E-state index < -0.39 is 0 Å². The van der Waals surface area contributed by atoms with Crippen molar-refractivity contribution in [3.8, 4) is 11.1 Å². The first-order valence-electron chi connectivity index (χ1n) is 12.1. The molecule has 4 aromatic rings. The molecule has 1 N–H and O–H groups in total. The van der Waals surface area contributed by atoms with Crippen molar-refractivity contribution in [3.05, 3.63) is 76.8 Å². The summed E-state index contributed by atoms with van der Waals surface area (Å²) in [7, 11) is 0. The lowest BCUT2D eigenvalue weighted by atomic mass is 10.0. The molecule has 0 spiro atoms. The van der Waals surface area contributed by atoms with E-state index in [1.165, 1.54) is 24.0 Å². The van der Waals surface area contributed by atoms with E-state index in [0.29, 0.717) is 18.1 Å². The molecule has 6 heteroatoms. The van der Waals surface area contributed by atoms with Crippen molar-refractivity contribution in [2.75, 3.05) is 11.9 Å². The predicted molar refractivity (Wildman–Crippen MR) is 134 cm³/mol. The van der Waals surface area contributed by atoms with Gasteiger partial charge in [-0.15, -0.1) is 0 Å². The van der Waals surface area contributed by atoms with Gasteiger partial charge in [0.05, 0.1) is 12.7 Å². The van der Waals surface area contributed by atoms with Crippen molar-refractivity contribution < 1.29 is 0 Å². The van der Waals surface area contributed by atoms with Crippen LogP contribution in [0.4, 0.5) is 5.95 Å². The number of anilines is 1. The van der Waals surface area contributed by atoms with E-state index in [2.05, 4.69) is 53.6 Å². The van der Waals surface area contributed by atoms with Crippen LogP contribution in [0.3, 0.4) is 0 Å². The van der Waals surface area contributed by atoms with Gasteiger partial charge in [0.15, 0.2) is 5.65 Å². The Morgan fingerprint density at radius 3 is 2.45 bits per heavy atom. The number of hydrogen-bond acceptors (Lipinski definition) is 4. The number of benzene rings is 2. The molecular formula is C27H31N5O. The SMILES string of the molecule is CCCCNc1ncc2c(n1)n(Cc1ccc(-c3ccccc3)cc1)c(=O)n2C1CCCC1. The maximum atomic E-state index is 13.6. The Hall–Kier alpha value is -3.41. The highest BCUT2D eigenvalue weighted by Crippen LogP contribution is 2.31. The topological polar surface area (TPSA) is 64.7 Å². The molecule has 0 radical (unpaired) electrons. The first kappa shape index (κ1) is 21.4. The van der Waals surface area contributed by atoms with Gasteiger partial charge in [0.1, 0.15) is 5.52 Å². The lowest BCUT2D eigenvalue weighted by Gasteiger charge is -2.10. The van der Waals surface area contributed by atoms with Crippen LogP contribution in [-0.4, -0.2) is 25.6 Å². The van der Waals surface area contributed by atoms with Crippen LogP contribution in [0.5, 0.6) is 0 Å². The van der Waals surface area contributed by atoms with Crippen molar-refractivity contribution in [1.29, 1.82) is 0 Å². The van der Waals surface area contributed by atoms with E-state index in [-0.39, 0.29) is 11.7 Å². The van der Waals surface area contributed by atoms with E-state index in [0.717, 1.165) is 43.3 Å². The summed E-state index contributed by atoms with van der Waals surface area (Å²) in [5, 5.41) is 3.31. The molecule has 6 nitrogen and oxygen atoms in total. The number of imidazole rings is 1. The summed E-state index contributed by atoms with van der Waals surface area (Å²) in [6, 6.07) is 19.0. The van der Waals surface area contributed by atoms with Gasteiger partial charge in [0.25, 0.3) is 0 Å². The summed E-state index contributed by atoms with van der Waals surface area (Å²) < 4.78 is 3.76. The van der Waals surface area contributed by atoms with Gasteiger partial charge in [-0.1, -0.05) is 80.8 Å². The zero-order valence-electron chi connectivity index (χ0n) is 19.2. The third kappa shape index (κ3) is 4.42. The highest BCUT2D eigenvalue weighted by Gasteiger charge is 2.25. The van der Waals surface area contributed by atoms with Crippen LogP contribution in [0.1, 0.15) is 57.1 Å². The molecular weight excluding hydrogens is 410 g/mol. The van der Waals surface area contributed by atoms with Gasteiger partial charge in [-0.25, -0.2) is 9.78 Å². The summed E-state index contributed by atoms with van der Waals surface area (Å²) in [6.07, 6.45) is 8.42. The van der Waals surface area contributed by atoms with Crippen molar-refractivity contribution in [2.24, 2.45) is 0 Å². The Balaban J connectivity index is 1.51. The second-order valence-electron chi connectivity index (χ2n) is 8.92. The molecule has 0 aliphatic heterocycles. The van der Waals surface area contributed by atoms with E-state index in [1.54, 1.807) is 0 Å². The quantitative estimate of drug-likeness (QED) is 0.360. The number of aromatic nitrogens is 4. The van der Waals surface area contributed by atoms with Gasteiger partial charge in [-0.2, -0.15) is 4.98 Å². The first-order valence-corrected chi connectivity index (χ1v) is 12.1. The lowest BCUT2D eigenvalue weighted by molar-refractivity contribution is 0.505. The minimum absolute atomic E-state index is 0.0176. The Morgan fingerprint density at radius 2 is 1.73 bits per heavy atom. The predicted octanol–water partition coefficient (Wildman–Crippen LogP) is 5.64. The minimum Gasteiger partial charge on any atom is -0.354 e. The molecule has 0 saturated heterocycles. The maximum absolute atomic E-state index is 13.6. The normalized spacial score (nSPS) is 14.2. The lowest BCUT2D eigenvalue weighted by Crippen LogP contribution is -2.27. The number of fused-ring (bicyclic) bond motifs is 1. The van der Waals surface area contributed by atoms with E-state index in [1.807, 2.05) is 33.5 Å². The van der Waals surface area contributed by atoms with Crippen LogP contribution in [0.15, 0.2) is 65.6 Å². The fraction of sp³-hybridized carbons (Fsp3) is 0.370. The molecule has 0 bridgehead atoms. The third-order valence-electron chi connectivity index (χ3n) is 6.61. The van der Waals surface area contributed by atoms with Crippen molar-refractivity contribution in [2.45, 2.75) is 58.0 Å². The van der Waals surface area contributed by atoms with Crippen molar-refractivity contribution in [1.82, 2.24) is 19.1 Å². The molecule has 2 aromatic heterocycles. The fourth-order valence-electron chi connectivity index (χ4n) is 4.79. The molecule has 2 heterocycles. The smallest absolute Gasteiger partial charge is 0.330 e. The molecule has 170 valence electrons. The van der Waals surface area contributed by atoms with Crippen LogP contribution in [-0.2, 0) is 6.54 Å². The van der Waals surface area contributed by atoms with Crippen LogP contribution in [0.25, 0.3) is 22.3 Å². The Bertz CT molecular complexity index is 1270. The number of rotatable bonds is 8. The van der Waals surface area contributed by atoms with E-state index >= 15 is 0 Å². The fourth-order valence-corrected chi connectivity index (χ4v) is 4.79. The number of hydrogen-bond donors (Lipinski definition) is 1. The second kappa shape index (κ2) is 9.61. The zero-order chi connectivity index (χ0) is 22.6. The summed E-state index contributed by atoms with van der Waals surface area (Å²) >= 11 is 0. The molecule has 1 aliphatic rings. The van der Waals surface area contributed by atoms with Gasteiger partial charge in [-0.05, 0) is 36.0 Å². The minimum atomic E-state index is 0.0176. The maximum Gasteiger partial charge on any atom is 0.330 e. The van der Waals surface area contributed by atoms with Crippen LogP contribution in [0.2, 0.25) is 0 Å². The second-order valence-corrected chi connectivity index (χ2v) is 8.92. The first-order chi connectivity index (χ1) is 16.2. The summed E-state index contributed by atoms with van der Waals surface area (Å²) in [6.45, 7) is 3.49. The van der Waals surface area contributed by atoms with Gasteiger partial charge in [-0.3, -0.25) is 9.13 Å². The highest BCUT2D eigenvalue weighted by molar-refractivity contribution is 5.72. The van der Waals surface area contributed by atoms with Gasteiger partial charge in [0.2, 0.25) is 5.95 Å². The summed E-state index contributed by atoms with van der Waals surface area (Å²) in [4.78, 5) is 22.9. The average Bonchev–Trinajstić information content (AvgIpc) is 3.47. The number of nitrogens with zero attached hydrogens (tertiary/aromatic N) is 4. The summed E-state index contributed by atoms with van der Waals surface area (Å²) in [5.74, 6) is 0.590. The highest BCUT2D eigenvalue weighted by atomic mass is 16.1. The van der Waals surface area contributed by atoms with Crippen molar-refractivity contribution in [3.63, 3.8) is 0 Å². The molecule has 33 heavy (non-hydrogen) atoms. The molecule has 1 saturated carbocycles. The molecule has 1 aliphatic carbocycles. The molecule has 0 amide bonds. The van der Waals surface area contributed by atoms with Gasteiger partial charge < -0.3 is 5.32 Å².